The van der Waals surface area contributed by atoms with Crippen LogP contribution in [-0.2, 0) is 11.3 Å². The van der Waals surface area contributed by atoms with Crippen LogP contribution in [0, 0.1) is 0 Å². The Morgan fingerprint density at radius 3 is 2.72 bits per heavy atom. The van der Waals surface area contributed by atoms with Gasteiger partial charge in [-0.2, -0.15) is 0 Å². The fourth-order valence-electron chi connectivity index (χ4n) is 2.27. The summed E-state index contributed by atoms with van der Waals surface area (Å²) >= 11 is 13.7. The summed E-state index contributed by atoms with van der Waals surface area (Å²) in [6.45, 7) is 0.654. The van der Waals surface area contributed by atoms with E-state index in [1.807, 2.05) is 29.5 Å². The molecule has 0 aliphatic heterocycles. The molecular formula is C17H15Cl2N3O2S. The van der Waals surface area contributed by atoms with Crippen molar-refractivity contribution in [1.29, 1.82) is 0 Å². The van der Waals surface area contributed by atoms with E-state index in [4.69, 9.17) is 27.6 Å². The van der Waals surface area contributed by atoms with E-state index in [2.05, 4.69) is 10.3 Å². The molecule has 0 unspecified atom stereocenters. The third kappa shape index (κ3) is 4.61. The zero-order chi connectivity index (χ0) is 17.8. The number of carbonyl (C=O) groups is 1. The van der Waals surface area contributed by atoms with Gasteiger partial charge in [0.05, 0.1) is 32.8 Å². The third-order valence-electron chi connectivity index (χ3n) is 3.36. The van der Waals surface area contributed by atoms with Gasteiger partial charge in [-0.25, -0.2) is 4.98 Å². The van der Waals surface area contributed by atoms with Crippen LogP contribution in [0.25, 0.3) is 10.8 Å². The SMILES string of the molecule is CN(CC(=O)Nc1c(Cl)cccc1Cl)Cc1coc(-c2cccs2)n1. The number of hydrogen-bond acceptors (Lipinski definition) is 5. The van der Waals surface area contributed by atoms with Gasteiger partial charge in [-0.1, -0.05) is 35.3 Å². The van der Waals surface area contributed by atoms with Gasteiger partial charge in [-0.15, -0.1) is 11.3 Å². The maximum atomic E-state index is 12.2. The Morgan fingerprint density at radius 1 is 1.28 bits per heavy atom. The summed E-state index contributed by atoms with van der Waals surface area (Å²) in [5.74, 6) is 0.380. The first kappa shape index (κ1) is 17.9. The van der Waals surface area contributed by atoms with E-state index in [1.54, 1.807) is 35.8 Å². The summed E-state index contributed by atoms with van der Waals surface area (Å²) in [7, 11) is 1.83. The number of nitrogens with zero attached hydrogens (tertiary/aromatic N) is 2. The van der Waals surface area contributed by atoms with Gasteiger partial charge < -0.3 is 9.73 Å². The van der Waals surface area contributed by atoms with Gasteiger partial charge >= 0.3 is 0 Å². The van der Waals surface area contributed by atoms with E-state index in [9.17, 15) is 4.79 Å². The van der Waals surface area contributed by atoms with Crippen LogP contribution >= 0.6 is 34.5 Å². The molecule has 1 aromatic carbocycles. The maximum Gasteiger partial charge on any atom is 0.238 e. The van der Waals surface area contributed by atoms with Gasteiger partial charge in [0.2, 0.25) is 11.8 Å². The Labute approximate surface area is 159 Å². The van der Waals surface area contributed by atoms with Crippen molar-refractivity contribution in [3.05, 3.63) is 57.7 Å². The highest BCUT2D eigenvalue weighted by Gasteiger charge is 2.14. The van der Waals surface area contributed by atoms with Crippen molar-refractivity contribution in [3.8, 4) is 10.8 Å². The second kappa shape index (κ2) is 8.01. The van der Waals surface area contributed by atoms with Crippen molar-refractivity contribution in [3.63, 3.8) is 0 Å². The number of thiophene rings is 1. The lowest BCUT2D eigenvalue weighted by Gasteiger charge is -2.15. The average molecular weight is 396 g/mol. The number of rotatable bonds is 6. The number of carbonyl (C=O) groups excluding carboxylic acids is 1. The molecular weight excluding hydrogens is 381 g/mol. The predicted molar refractivity (Wildman–Crippen MR) is 101 cm³/mol. The summed E-state index contributed by atoms with van der Waals surface area (Å²) < 4.78 is 5.48. The second-order valence-corrected chi connectivity index (χ2v) is 7.20. The van der Waals surface area contributed by atoms with Crippen LogP contribution in [0.1, 0.15) is 5.69 Å². The number of likely N-dealkylation sites (N-methyl/N-ethyl adjacent to an activating group) is 1. The Hall–Kier alpha value is -1.86. The Kier molecular flexibility index (Phi) is 5.75. The molecule has 0 radical (unpaired) electrons. The highest BCUT2D eigenvalue weighted by Crippen LogP contribution is 2.29. The first-order valence-corrected chi connectivity index (χ1v) is 9.07. The van der Waals surface area contributed by atoms with E-state index in [-0.39, 0.29) is 12.5 Å². The van der Waals surface area contributed by atoms with Gasteiger partial charge in [0.15, 0.2) is 0 Å². The lowest BCUT2D eigenvalue weighted by molar-refractivity contribution is -0.117. The van der Waals surface area contributed by atoms with Crippen molar-refractivity contribution >= 4 is 46.1 Å². The molecule has 3 aromatic rings. The molecule has 0 spiro atoms. The number of nitrogens with one attached hydrogen (secondary N) is 1. The summed E-state index contributed by atoms with van der Waals surface area (Å²) in [4.78, 5) is 19.4. The highest BCUT2D eigenvalue weighted by atomic mass is 35.5. The van der Waals surface area contributed by atoms with E-state index in [0.29, 0.717) is 28.2 Å². The molecule has 0 aliphatic rings. The monoisotopic (exact) mass is 395 g/mol. The van der Waals surface area contributed by atoms with Crippen LogP contribution in [0.2, 0.25) is 10.0 Å². The molecule has 0 saturated heterocycles. The minimum atomic E-state index is -0.209. The van der Waals surface area contributed by atoms with Crippen LogP contribution in [0.15, 0.2) is 46.4 Å². The summed E-state index contributed by atoms with van der Waals surface area (Å²) in [6, 6.07) is 8.97. The Balaban J connectivity index is 1.57. The minimum absolute atomic E-state index is 0.169. The molecule has 1 N–H and O–H groups in total. The average Bonchev–Trinajstić information content (AvgIpc) is 3.22. The number of amides is 1. The molecule has 1 amide bonds. The van der Waals surface area contributed by atoms with Crippen molar-refractivity contribution < 1.29 is 9.21 Å². The first-order valence-electron chi connectivity index (χ1n) is 7.43. The maximum absolute atomic E-state index is 12.2. The van der Waals surface area contributed by atoms with Crippen LogP contribution in [-0.4, -0.2) is 29.4 Å². The number of para-hydroxylation sites is 1. The molecule has 3 rings (SSSR count). The van der Waals surface area contributed by atoms with Crippen molar-refractivity contribution in [2.24, 2.45) is 0 Å². The third-order valence-corrected chi connectivity index (χ3v) is 4.84. The molecule has 2 heterocycles. The molecule has 0 bridgehead atoms. The number of hydrogen-bond donors (Lipinski definition) is 1. The summed E-state index contributed by atoms with van der Waals surface area (Å²) in [6.07, 6.45) is 1.61. The van der Waals surface area contributed by atoms with E-state index in [0.717, 1.165) is 10.6 Å². The van der Waals surface area contributed by atoms with Gasteiger partial charge in [0.1, 0.15) is 6.26 Å². The molecule has 0 aliphatic carbocycles. The van der Waals surface area contributed by atoms with Crippen molar-refractivity contribution in [2.45, 2.75) is 6.54 Å². The molecule has 5 nitrogen and oxygen atoms in total. The van der Waals surface area contributed by atoms with Gasteiger partial charge in [-0.05, 0) is 30.6 Å². The molecule has 8 heteroatoms. The van der Waals surface area contributed by atoms with Crippen LogP contribution in [0.5, 0.6) is 0 Å². The predicted octanol–water partition coefficient (Wildman–Crippen LogP) is 4.78. The summed E-state index contributed by atoms with van der Waals surface area (Å²) in [5, 5.41) is 5.51. The quantitative estimate of drug-likeness (QED) is 0.652. The lowest BCUT2D eigenvalue weighted by Crippen LogP contribution is -2.30. The Bertz CT molecular complexity index is 844. The van der Waals surface area contributed by atoms with Crippen LogP contribution in [0.4, 0.5) is 5.69 Å². The Morgan fingerprint density at radius 2 is 2.04 bits per heavy atom. The number of oxazole rings is 1. The lowest BCUT2D eigenvalue weighted by atomic mass is 10.3. The molecule has 25 heavy (non-hydrogen) atoms. The van der Waals surface area contributed by atoms with Crippen molar-refractivity contribution in [2.75, 3.05) is 18.9 Å². The molecule has 0 atom stereocenters. The number of halogens is 2. The standard InChI is InChI=1S/C17H15Cl2N3O2S/c1-22(8-11-10-24-17(20-11)14-6-3-7-25-14)9-15(23)21-16-12(18)4-2-5-13(16)19/h2-7,10H,8-9H2,1H3,(H,21,23). The van der Waals surface area contributed by atoms with Crippen molar-refractivity contribution in [1.82, 2.24) is 9.88 Å². The molecule has 0 fully saturated rings. The van der Waals surface area contributed by atoms with Crippen LogP contribution < -0.4 is 5.32 Å². The number of anilines is 1. The molecule has 0 saturated carbocycles. The fourth-order valence-corrected chi connectivity index (χ4v) is 3.41. The second-order valence-electron chi connectivity index (χ2n) is 5.44. The van der Waals surface area contributed by atoms with E-state index < -0.39 is 0 Å². The van der Waals surface area contributed by atoms with Crippen LogP contribution in [0.3, 0.4) is 0 Å². The summed E-state index contributed by atoms with van der Waals surface area (Å²) in [5.41, 5.74) is 1.18. The van der Waals surface area contributed by atoms with Gasteiger partial charge in [0, 0.05) is 6.54 Å². The van der Waals surface area contributed by atoms with E-state index >= 15 is 0 Å². The minimum Gasteiger partial charge on any atom is -0.444 e. The number of benzene rings is 1. The normalized spacial score (nSPS) is 11.0. The zero-order valence-electron chi connectivity index (χ0n) is 13.3. The van der Waals surface area contributed by atoms with Gasteiger partial charge in [-0.3, -0.25) is 9.69 Å². The first-order chi connectivity index (χ1) is 12.0. The largest absolute Gasteiger partial charge is 0.444 e. The number of aromatic nitrogens is 1. The van der Waals surface area contributed by atoms with E-state index in [1.165, 1.54) is 0 Å². The van der Waals surface area contributed by atoms with Gasteiger partial charge in [0.25, 0.3) is 0 Å². The molecule has 2 aromatic heterocycles. The molecule has 130 valence electrons. The topological polar surface area (TPSA) is 58.4 Å². The fraction of sp³-hybridized carbons (Fsp3) is 0.176. The highest BCUT2D eigenvalue weighted by molar-refractivity contribution is 7.13. The smallest absolute Gasteiger partial charge is 0.238 e. The zero-order valence-corrected chi connectivity index (χ0v) is 15.7.